The quantitative estimate of drug-likeness (QED) is 0.730. The number of nitrogens with zero attached hydrogens (tertiary/aromatic N) is 4. The molecule has 0 N–H and O–H groups in total. The zero-order chi connectivity index (χ0) is 17.3. The summed E-state index contributed by atoms with van der Waals surface area (Å²) in [7, 11) is 0. The number of terminal acetylenes is 1. The van der Waals surface area contributed by atoms with Crippen molar-refractivity contribution in [2.45, 2.75) is 69.4 Å². The Kier molecular flexibility index (Phi) is 4.60. The Morgan fingerprint density at radius 1 is 1.28 bits per heavy atom. The standard InChI is InChI=1S/C19H24N4OS/c1-2-3-10-19(21-22-19)11-7-17(24)23-12-8-14(9-13-23)18-20-15-5-4-6-16(15)25-18/h1,14H,3-13H2. The Bertz CT molecular complexity index is 697. The minimum Gasteiger partial charge on any atom is -0.343 e. The van der Waals surface area contributed by atoms with Crippen molar-refractivity contribution < 1.29 is 4.79 Å². The summed E-state index contributed by atoms with van der Waals surface area (Å²) in [5.74, 6) is 3.40. The molecule has 3 heterocycles. The lowest BCUT2D eigenvalue weighted by atomic mass is 9.96. The van der Waals surface area contributed by atoms with E-state index >= 15 is 0 Å². The number of amides is 1. The summed E-state index contributed by atoms with van der Waals surface area (Å²) in [5, 5.41) is 9.54. The lowest BCUT2D eigenvalue weighted by Gasteiger charge is -2.31. The lowest BCUT2D eigenvalue weighted by Crippen LogP contribution is -2.38. The average molecular weight is 356 g/mol. The fraction of sp³-hybridized carbons (Fsp3) is 0.684. The number of hydrogen-bond acceptors (Lipinski definition) is 5. The van der Waals surface area contributed by atoms with Gasteiger partial charge in [0.2, 0.25) is 5.91 Å². The highest BCUT2D eigenvalue weighted by Gasteiger charge is 2.40. The van der Waals surface area contributed by atoms with Gasteiger partial charge in [-0.15, -0.1) is 23.7 Å². The van der Waals surface area contributed by atoms with Gasteiger partial charge in [0, 0.05) is 49.6 Å². The van der Waals surface area contributed by atoms with Gasteiger partial charge in [-0.2, -0.15) is 10.2 Å². The molecule has 0 radical (unpaired) electrons. The van der Waals surface area contributed by atoms with Gasteiger partial charge >= 0.3 is 0 Å². The average Bonchev–Trinajstić information content (AvgIpc) is 3.07. The molecule has 0 aromatic carbocycles. The zero-order valence-electron chi connectivity index (χ0n) is 14.5. The highest BCUT2D eigenvalue weighted by Crippen LogP contribution is 2.39. The van der Waals surface area contributed by atoms with Crippen LogP contribution in [0.15, 0.2) is 10.2 Å². The van der Waals surface area contributed by atoms with E-state index in [-0.39, 0.29) is 11.6 Å². The van der Waals surface area contributed by atoms with E-state index in [2.05, 4.69) is 16.1 Å². The van der Waals surface area contributed by atoms with Crippen LogP contribution in [-0.2, 0) is 17.6 Å². The van der Waals surface area contributed by atoms with Gasteiger partial charge < -0.3 is 4.90 Å². The number of hydrogen-bond donors (Lipinski definition) is 0. The molecule has 1 aromatic rings. The summed E-state index contributed by atoms with van der Waals surface area (Å²) in [4.78, 5) is 20.9. The van der Waals surface area contributed by atoms with E-state index in [9.17, 15) is 4.79 Å². The van der Waals surface area contributed by atoms with Crippen LogP contribution in [0.3, 0.4) is 0 Å². The molecule has 25 heavy (non-hydrogen) atoms. The van der Waals surface area contributed by atoms with Crippen LogP contribution in [0.1, 0.15) is 66.4 Å². The maximum Gasteiger partial charge on any atom is 0.222 e. The molecule has 1 amide bonds. The predicted molar refractivity (Wildman–Crippen MR) is 97.6 cm³/mol. The number of carbonyl (C=O) groups excluding carboxylic acids is 1. The molecule has 0 saturated carbocycles. The second-order valence-corrected chi connectivity index (χ2v) is 8.43. The molecule has 0 spiro atoms. The first-order valence-electron chi connectivity index (χ1n) is 9.33. The number of thiazole rings is 1. The molecule has 3 aliphatic rings. The van der Waals surface area contributed by atoms with Crippen molar-refractivity contribution in [1.29, 1.82) is 0 Å². The second kappa shape index (κ2) is 6.87. The summed E-state index contributed by atoms with van der Waals surface area (Å²) >= 11 is 1.91. The first-order valence-corrected chi connectivity index (χ1v) is 10.1. The van der Waals surface area contributed by atoms with Crippen LogP contribution >= 0.6 is 11.3 Å². The van der Waals surface area contributed by atoms with E-state index in [0.29, 0.717) is 25.2 Å². The predicted octanol–water partition coefficient (Wildman–Crippen LogP) is 3.69. The third-order valence-electron chi connectivity index (χ3n) is 5.60. The molecule has 1 aliphatic carbocycles. The zero-order valence-corrected chi connectivity index (χ0v) is 15.4. The minimum absolute atomic E-state index is 0.234. The van der Waals surface area contributed by atoms with Crippen LogP contribution in [0.2, 0.25) is 0 Å². The Morgan fingerprint density at radius 3 is 2.76 bits per heavy atom. The maximum atomic E-state index is 12.5. The van der Waals surface area contributed by atoms with Crippen molar-refractivity contribution in [1.82, 2.24) is 9.88 Å². The van der Waals surface area contributed by atoms with Gasteiger partial charge in [0.15, 0.2) is 5.66 Å². The van der Waals surface area contributed by atoms with Gasteiger partial charge in [-0.05, 0) is 32.1 Å². The molecule has 0 atom stereocenters. The smallest absolute Gasteiger partial charge is 0.222 e. The maximum absolute atomic E-state index is 12.5. The third kappa shape index (κ3) is 3.62. The third-order valence-corrected chi connectivity index (χ3v) is 6.92. The Morgan fingerprint density at radius 2 is 2.08 bits per heavy atom. The van der Waals surface area contributed by atoms with Crippen molar-refractivity contribution >= 4 is 17.2 Å². The van der Waals surface area contributed by atoms with Crippen molar-refractivity contribution in [3.63, 3.8) is 0 Å². The van der Waals surface area contributed by atoms with E-state index in [1.165, 1.54) is 28.4 Å². The fourth-order valence-electron chi connectivity index (χ4n) is 3.89. The van der Waals surface area contributed by atoms with E-state index in [1.54, 1.807) is 0 Å². The van der Waals surface area contributed by atoms with E-state index < -0.39 is 0 Å². The summed E-state index contributed by atoms with van der Waals surface area (Å²) < 4.78 is 0. The SMILES string of the molecule is C#CCCC1(CCC(=O)N2CCC(c3nc4c(s3)CCC4)CC2)N=N1. The summed E-state index contributed by atoms with van der Waals surface area (Å²) in [6.45, 7) is 1.69. The van der Waals surface area contributed by atoms with E-state index in [0.717, 1.165) is 38.8 Å². The van der Waals surface area contributed by atoms with Gasteiger partial charge in [-0.3, -0.25) is 4.79 Å². The molecule has 132 valence electrons. The Labute approximate surface area is 152 Å². The first-order chi connectivity index (χ1) is 12.2. The minimum atomic E-state index is -0.345. The van der Waals surface area contributed by atoms with Crippen LogP contribution in [0.4, 0.5) is 0 Å². The van der Waals surface area contributed by atoms with E-state index in [1.807, 2.05) is 16.2 Å². The van der Waals surface area contributed by atoms with Gasteiger partial charge in [-0.25, -0.2) is 4.98 Å². The number of aryl methyl sites for hydroxylation is 2. The topological polar surface area (TPSA) is 57.9 Å². The number of aromatic nitrogens is 1. The number of piperidine rings is 1. The monoisotopic (exact) mass is 356 g/mol. The molecule has 6 heteroatoms. The van der Waals surface area contributed by atoms with Gasteiger partial charge in [-0.1, -0.05) is 0 Å². The Hall–Kier alpha value is -1.74. The molecule has 4 rings (SSSR count). The van der Waals surface area contributed by atoms with Crippen LogP contribution in [0.25, 0.3) is 0 Å². The molecular formula is C19H24N4OS. The molecule has 1 aromatic heterocycles. The lowest BCUT2D eigenvalue weighted by molar-refractivity contribution is -0.132. The molecular weight excluding hydrogens is 332 g/mol. The van der Waals surface area contributed by atoms with E-state index in [4.69, 9.17) is 11.4 Å². The molecule has 2 aliphatic heterocycles. The van der Waals surface area contributed by atoms with Crippen LogP contribution < -0.4 is 0 Å². The first kappa shape index (κ1) is 16.7. The van der Waals surface area contributed by atoms with Gasteiger partial charge in [0.25, 0.3) is 0 Å². The number of fused-ring (bicyclic) bond motifs is 1. The van der Waals surface area contributed by atoms with Gasteiger partial charge in [0.05, 0.1) is 10.7 Å². The number of carbonyl (C=O) groups is 1. The van der Waals surface area contributed by atoms with Crippen LogP contribution in [0.5, 0.6) is 0 Å². The summed E-state index contributed by atoms with van der Waals surface area (Å²) in [5.41, 5.74) is 0.995. The van der Waals surface area contributed by atoms with Crippen LogP contribution in [-0.4, -0.2) is 34.5 Å². The molecule has 0 unspecified atom stereocenters. The summed E-state index contributed by atoms with van der Waals surface area (Å²) in [6.07, 6.45) is 13.7. The van der Waals surface area contributed by atoms with Crippen LogP contribution in [0, 0.1) is 12.3 Å². The van der Waals surface area contributed by atoms with Crippen molar-refractivity contribution in [2.24, 2.45) is 10.2 Å². The highest BCUT2D eigenvalue weighted by atomic mass is 32.1. The van der Waals surface area contributed by atoms with Crippen molar-refractivity contribution in [3.8, 4) is 12.3 Å². The normalized spacial score (nSPS) is 21.2. The number of rotatable bonds is 6. The van der Waals surface area contributed by atoms with Crippen molar-refractivity contribution in [3.05, 3.63) is 15.6 Å². The molecule has 1 saturated heterocycles. The van der Waals surface area contributed by atoms with Crippen molar-refractivity contribution in [2.75, 3.05) is 13.1 Å². The Balaban J connectivity index is 1.24. The highest BCUT2D eigenvalue weighted by molar-refractivity contribution is 7.11. The van der Waals surface area contributed by atoms with Gasteiger partial charge in [0.1, 0.15) is 0 Å². The molecule has 0 bridgehead atoms. The molecule has 5 nitrogen and oxygen atoms in total. The number of likely N-dealkylation sites (tertiary alicyclic amines) is 1. The second-order valence-electron chi connectivity index (χ2n) is 7.32. The largest absolute Gasteiger partial charge is 0.343 e. The summed E-state index contributed by atoms with van der Waals surface area (Å²) in [6, 6.07) is 0. The molecule has 1 fully saturated rings. The fourth-order valence-corrected chi connectivity index (χ4v) is 5.22.